The van der Waals surface area contributed by atoms with Crippen molar-refractivity contribution >= 4 is 0 Å². The van der Waals surface area contributed by atoms with Crippen LogP contribution in [0.3, 0.4) is 0 Å². The average Bonchev–Trinajstić information content (AvgIpc) is 3.19. The highest BCUT2D eigenvalue weighted by Gasteiger charge is 2.33. The summed E-state index contributed by atoms with van der Waals surface area (Å²) in [5.41, 5.74) is -0.0277. The molecule has 1 atom stereocenters. The fourth-order valence-corrected chi connectivity index (χ4v) is 2.53. The predicted molar refractivity (Wildman–Crippen MR) is 82.5 cm³/mol. The third-order valence-electron chi connectivity index (χ3n) is 4.35. The maximum absolute atomic E-state index is 9.72. The minimum atomic E-state index is -0.0277. The third-order valence-corrected chi connectivity index (χ3v) is 4.35. The molecule has 1 saturated carbocycles. The molecule has 1 rings (SSSR count). The zero-order valence-electron chi connectivity index (χ0n) is 13.4. The monoisotopic (exact) mass is 270 g/mol. The number of hydrogen-bond acceptors (Lipinski definition) is 3. The van der Waals surface area contributed by atoms with Crippen LogP contribution in [0.25, 0.3) is 0 Å². The minimum Gasteiger partial charge on any atom is -0.394 e. The SMILES string of the molecule is CCC(CO)(CCCN(C)CCC(C)C)NC1CC1. The summed E-state index contributed by atoms with van der Waals surface area (Å²) >= 11 is 0. The molecule has 114 valence electrons. The summed E-state index contributed by atoms with van der Waals surface area (Å²) in [4.78, 5) is 2.43. The summed E-state index contributed by atoms with van der Waals surface area (Å²) in [5.74, 6) is 0.783. The van der Waals surface area contributed by atoms with Crippen LogP contribution in [0, 0.1) is 5.92 Å². The van der Waals surface area contributed by atoms with E-state index in [1.54, 1.807) is 0 Å². The van der Waals surface area contributed by atoms with Crippen LogP contribution in [0.1, 0.15) is 59.3 Å². The molecular weight excluding hydrogens is 236 g/mol. The Hall–Kier alpha value is -0.120. The largest absolute Gasteiger partial charge is 0.394 e. The van der Waals surface area contributed by atoms with Crippen LogP contribution in [0.2, 0.25) is 0 Å². The highest BCUT2D eigenvalue weighted by molar-refractivity contribution is 4.94. The fraction of sp³-hybridized carbons (Fsp3) is 1.00. The number of aliphatic hydroxyl groups excluding tert-OH is 1. The highest BCUT2D eigenvalue weighted by atomic mass is 16.3. The number of nitrogens with one attached hydrogen (secondary N) is 1. The first-order valence-corrected chi connectivity index (χ1v) is 8.08. The maximum Gasteiger partial charge on any atom is 0.0613 e. The number of hydrogen-bond donors (Lipinski definition) is 2. The number of rotatable bonds is 11. The molecule has 0 radical (unpaired) electrons. The van der Waals surface area contributed by atoms with Crippen LogP contribution in [0.15, 0.2) is 0 Å². The first kappa shape index (κ1) is 16.9. The van der Waals surface area contributed by atoms with Crippen LogP contribution >= 0.6 is 0 Å². The molecule has 0 heterocycles. The van der Waals surface area contributed by atoms with E-state index in [1.807, 2.05) is 0 Å². The lowest BCUT2D eigenvalue weighted by Gasteiger charge is -2.33. The van der Waals surface area contributed by atoms with Crippen LogP contribution in [0.4, 0.5) is 0 Å². The third kappa shape index (κ3) is 6.73. The Morgan fingerprint density at radius 3 is 2.47 bits per heavy atom. The van der Waals surface area contributed by atoms with Gasteiger partial charge in [0, 0.05) is 11.6 Å². The van der Waals surface area contributed by atoms with Crippen molar-refractivity contribution in [3.05, 3.63) is 0 Å². The summed E-state index contributed by atoms with van der Waals surface area (Å²) in [6.07, 6.45) is 7.13. The first-order chi connectivity index (χ1) is 9.01. The van der Waals surface area contributed by atoms with E-state index in [1.165, 1.54) is 32.2 Å². The molecule has 1 aliphatic rings. The average molecular weight is 270 g/mol. The van der Waals surface area contributed by atoms with E-state index >= 15 is 0 Å². The van der Waals surface area contributed by atoms with Gasteiger partial charge in [0.05, 0.1) is 6.61 Å². The van der Waals surface area contributed by atoms with Gasteiger partial charge in [0.25, 0.3) is 0 Å². The quantitative estimate of drug-likeness (QED) is 0.606. The van der Waals surface area contributed by atoms with Gasteiger partial charge in [0.15, 0.2) is 0 Å². The fourth-order valence-electron chi connectivity index (χ4n) is 2.53. The highest BCUT2D eigenvalue weighted by Crippen LogP contribution is 2.26. The molecule has 3 heteroatoms. The summed E-state index contributed by atoms with van der Waals surface area (Å²) in [5, 5.41) is 13.4. The summed E-state index contributed by atoms with van der Waals surface area (Å²) in [6.45, 7) is 9.35. The maximum atomic E-state index is 9.72. The second kappa shape index (κ2) is 8.23. The Balaban J connectivity index is 2.23. The van der Waals surface area contributed by atoms with Crippen LogP contribution in [-0.4, -0.2) is 48.3 Å². The van der Waals surface area contributed by atoms with Gasteiger partial charge < -0.3 is 15.3 Å². The van der Waals surface area contributed by atoms with Crippen molar-refractivity contribution in [2.75, 3.05) is 26.7 Å². The van der Waals surface area contributed by atoms with E-state index in [0.717, 1.165) is 25.3 Å². The lowest BCUT2D eigenvalue weighted by atomic mass is 9.91. The summed E-state index contributed by atoms with van der Waals surface area (Å²) in [6, 6.07) is 0.672. The van der Waals surface area contributed by atoms with Gasteiger partial charge in [-0.1, -0.05) is 20.8 Å². The van der Waals surface area contributed by atoms with Gasteiger partial charge in [-0.3, -0.25) is 0 Å². The van der Waals surface area contributed by atoms with Crippen molar-refractivity contribution in [1.29, 1.82) is 0 Å². The van der Waals surface area contributed by atoms with E-state index in [9.17, 15) is 5.11 Å². The summed E-state index contributed by atoms with van der Waals surface area (Å²) < 4.78 is 0. The van der Waals surface area contributed by atoms with Crippen LogP contribution < -0.4 is 5.32 Å². The molecule has 0 aromatic carbocycles. The summed E-state index contributed by atoms with van der Waals surface area (Å²) in [7, 11) is 2.21. The number of nitrogens with zero attached hydrogens (tertiary/aromatic N) is 1. The van der Waals surface area contributed by atoms with Gasteiger partial charge in [0.1, 0.15) is 0 Å². The Morgan fingerprint density at radius 2 is 2.00 bits per heavy atom. The normalized spacial score (nSPS) is 19.1. The van der Waals surface area contributed by atoms with E-state index in [4.69, 9.17) is 0 Å². The standard InChI is InChI=1S/C16H34N2O/c1-5-16(13-19,17-15-7-8-15)10-6-11-18(4)12-9-14(2)3/h14-15,17,19H,5-13H2,1-4H3. The predicted octanol–water partition coefficient (Wildman–Crippen LogP) is 2.64. The van der Waals surface area contributed by atoms with Gasteiger partial charge in [-0.05, 0) is 64.6 Å². The topological polar surface area (TPSA) is 35.5 Å². The van der Waals surface area contributed by atoms with Crippen molar-refractivity contribution in [1.82, 2.24) is 10.2 Å². The van der Waals surface area contributed by atoms with E-state index in [-0.39, 0.29) is 12.1 Å². The van der Waals surface area contributed by atoms with Crippen molar-refractivity contribution in [3.8, 4) is 0 Å². The van der Waals surface area contributed by atoms with Crippen molar-refractivity contribution in [2.24, 2.45) is 5.92 Å². The smallest absolute Gasteiger partial charge is 0.0613 e. The first-order valence-electron chi connectivity index (χ1n) is 8.08. The van der Waals surface area contributed by atoms with Gasteiger partial charge in [-0.25, -0.2) is 0 Å². The molecule has 3 nitrogen and oxygen atoms in total. The molecule has 0 aliphatic heterocycles. The molecule has 0 aromatic heterocycles. The molecule has 0 spiro atoms. The van der Waals surface area contributed by atoms with Gasteiger partial charge in [-0.2, -0.15) is 0 Å². The Morgan fingerprint density at radius 1 is 1.32 bits per heavy atom. The molecule has 0 aromatic rings. The molecular formula is C16H34N2O. The molecule has 0 amide bonds. The zero-order valence-corrected chi connectivity index (χ0v) is 13.4. The number of aliphatic hydroxyl groups is 1. The lowest BCUT2D eigenvalue weighted by molar-refractivity contribution is 0.138. The zero-order chi connectivity index (χ0) is 14.3. The van der Waals surface area contributed by atoms with Crippen molar-refractivity contribution in [2.45, 2.75) is 70.9 Å². The van der Waals surface area contributed by atoms with Gasteiger partial charge in [0.2, 0.25) is 0 Å². The van der Waals surface area contributed by atoms with E-state index in [2.05, 4.69) is 38.0 Å². The molecule has 1 fully saturated rings. The van der Waals surface area contributed by atoms with Crippen molar-refractivity contribution < 1.29 is 5.11 Å². The van der Waals surface area contributed by atoms with Crippen LogP contribution in [-0.2, 0) is 0 Å². The van der Waals surface area contributed by atoms with Crippen LogP contribution in [0.5, 0.6) is 0 Å². The Labute approximate surface area is 119 Å². The molecule has 1 unspecified atom stereocenters. The molecule has 2 N–H and O–H groups in total. The Kier molecular flexibility index (Phi) is 7.33. The minimum absolute atomic E-state index is 0.0277. The van der Waals surface area contributed by atoms with E-state index in [0.29, 0.717) is 6.04 Å². The Bertz CT molecular complexity index is 235. The second-order valence-electron chi connectivity index (χ2n) is 6.80. The van der Waals surface area contributed by atoms with Gasteiger partial charge >= 0.3 is 0 Å². The molecule has 19 heavy (non-hydrogen) atoms. The molecule has 0 bridgehead atoms. The lowest BCUT2D eigenvalue weighted by Crippen LogP contribution is -2.49. The second-order valence-corrected chi connectivity index (χ2v) is 6.80. The molecule has 0 saturated heterocycles. The van der Waals surface area contributed by atoms with Gasteiger partial charge in [-0.15, -0.1) is 0 Å². The molecule has 1 aliphatic carbocycles. The van der Waals surface area contributed by atoms with Crippen molar-refractivity contribution in [3.63, 3.8) is 0 Å². The van der Waals surface area contributed by atoms with E-state index < -0.39 is 0 Å².